The number of carbonyl (C=O) groups is 1. The molecule has 0 bridgehead atoms. The number of fused-ring (bicyclic) bond motifs is 1. The van der Waals surface area contributed by atoms with Crippen LogP contribution in [0.3, 0.4) is 0 Å². The van der Waals surface area contributed by atoms with Gasteiger partial charge in [0.2, 0.25) is 5.91 Å². The van der Waals surface area contributed by atoms with Crippen molar-refractivity contribution in [1.29, 1.82) is 0 Å². The summed E-state index contributed by atoms with van der Waals surface area (Å²) in [6.45, 7) is 5.32. The van der Waals surface area contributed by atoms with Crippen molar-refractivity contribution in [2.24, 2.45) is 0 Å². The van der Waals surface area contributed by atoms with E-state index in [1.807, 2.05) is 11.0 Å². The van der Waals surface area contributed by atoms with E-state index in [-0.39, 0.29) is 17.6 Å². The Labute approximate surface area is 146 Å². The number of carbonyl (C=O) groups excluding carboxylic acids is 1. The van der Waals surface area contributed by atoms with E-state index in [0.717, 1.165) is 13.1 Å². The summed E-state index contributed by atoms with van der Waals surface area (Å²) >= 11 is 0. The molecular weight excluding hydrogens is 320 g/mol. The highest BCUT2D eigenvalue weighted by Crippen LogP contribution is 2.09. The minimum absolute atomic E-state index is 0.0764. The molecule has 25 heavy (non-hydrogen) atoms. The quantitative estimate of drug-likeness (QED) is 0.819. The molecule has 1 amide bonds. The molecule has 7 heteroatoms. The lowest BCUT2D eigenvalue weighted by Crippen LogP contribution is -2.50. The molecule has 3 rings (SSSR count). The van der Waals surface area contributed by atoms with Crippen LogP contribution in [0.2, 0.25) is 0 Å². The van der Waals surface area contributed by atoms with Crippen LogP contribution in [0, 0.1) is 0 Å². The Kier molecular flexibility index (Phi) is 5.45. The van der Waals surface area contributed by atoms with Gasteiger partial charge < -0.3 is 15.0 Å². The molecule has 1 atom stereocenters. The molecule has 0 unspecified atom stereocenters. The third-order valence-electron chi connectivity index (χ3n) is 4.48. The number of hydrogen-bond acceptors (Lipinski definition) is 5. The van der Waals surface area contributed by atoms with E-state index in [1.165, 1.54) is 0 Å². The molecule has 1 saturated heterocycles. The highest BCUT2D eigenvalue weighted by molar-refractivity contribution is 5.78. The van der Waals surface area contributed by atoms with E-state index in [9.17, 15) is 14.7 Å². The Hall–Kier alpha value is -2.25. The maximum absolute atomic E-state index is 12.4. The van der Waals surface area contributed by atoms with Crippen LogP contribution >= 0.6 is 0 Å². The maximum Gasteiger partial charge on any atom is 0.258 e. The highest BCUT2D eigenvalue weighted by Gasteiger charge is 2.21. The second kappa shape index (κ2) is 7.76. The first kappa shape index (κ1) is 17.6. The Balaban J connectivity index is 1.55. The largest absolute Gasteiger partial charge is 0.392 e. The van der Waals surface area contributed by atoms with Crippen molar-refractivity contribution >= 4 is 16.8 Å². The molecule has 1 aliphatic rings. The Morgan fingerprint density at radius 1 is 1.28 bits per heavy atom. The zero-order chi connectivity index (χ0) is 17.8. The van der Waals surface area contributed by atoms with E-state index in [2.05, 4.69) is 14.9 Å². The Bertz CT molecular complexity index is 794. The van der Waals surface area contributed by atoms with Crippen molar-refractivity contribution in [1.82, 2.24) is 19.8 Å². The van der Waals surface area contributed by atoms with Crippen molar-refractivity contribution in [2.75, 3.05) is 32.7 Å². The van der Waals surface area contributed by atoms with Gasteiger partial charge in [-0.3, -0.25) is 14.5 Å². The van der Waals surface area contributed by atoms with Gasteiger partial charge in [0, 0.05) is 45.6 Å². The molecule has 0 radical (unpaired) electrons. The zero-order valence-corrected chi connectivity index (χ0v) is 14.4. The third kappa shape index (κ3) is 4.43. The normalized spacial score (nSPS) is 17.0. The van der Waals surface area contributed by atoms with Gasteiger partial charge in [-0.25, -0.2) is 4.98 Å². The molecule has 2 N–H and O–H groups in total. The number of aromatic nitrogens is 2. The van der Waals surface area contributed by atoms with Gasteiger partial charge in [0.05, 0.1) is 17.0 Å². The van der Waals surface area contributed by atoms with Gasteiger partial charge in [-0.2, -0.15) is 0 Å². The van der Waals surface area contributed by atoms with Crippen molar-refractivity contribution in [2.45, 2.75) is 25.9 Å². The average Bonchev–Trinajstić information content (AvgIpc) is 2.60. The molecular formula is C18H24N4O3. The van der Waals surface area contributed by atoms with Gasteiger partial charge in [0.15, 0.2) is 0 Å². The standard InChI is InChI=1S/C18H24N4O3/c1-13(23)12-21-8-10-22(11-9-21)17(24)7-6-16-19-15-5-3-2-4-14(15)18(25)20-16/h2-5,13,23H,6-12H2,1H3,(H,19,20,25)/t13-/m1/s1. The summed E-state index contributed by atoms with van der Waals surface area (Å²) in [5.74, 6) is 0.622. The molecule has 2 heterocycles. The number of amides is 1. The lowest BCUT2D eigenvalue weighted by atomic mass is 10.2. The number of nitrogens with zero attached hydrogens (tertiary/aromatic N) is 3. The third-order valence-corrected chi connectivity index (χ3v) is 4.48. The van der Waals surface area contributed by atoms with Crippen LogP contribution in [-0.4, -0.2) is 69.6 Å². The van der Waals surface area contributed by atoms with E-state index in [4.69, 9.17) is 0 Å². The van der Waals surface area contributed by atoms with Crippen molar-refractivity contribution in [3.63, 3.8) is 0 Å². The zero-order valence-electron chi connectivity index (χ0n) is 14.4. The number of aliphatic hydroxyl groups is 1. The highest BCUT2D eigenvalue weighted by atomic mass is 16.3. The van der Waals surface area contributed by atoms with Gasteiger partial charge in [-0.05, 0) is 19.1 Å². The number of β-amino-alcohol motifs (C(OH)–C–C–N with tert-alkyl or cyclic N) is 1. The molecule has 0 saturated carbocycles. The van der Waals surface area contributed by atoms with Gasteiger partial charge in [0.1, 0.15) is 5.82 Å². The first-order valence-corrected chi connectivity index (χ1v) is 8.69. The van der Waals surface area contributed by atoms with Crippen LogP contribution < -0.4 is 5.56 Å². The van der Waals surface area contributed by atoms with E-state index >= 15 is 0 Å². The van der Waals surface area contributed by atoms with Crippen LogP contribution in [0.5, 0.6) is 0 Å². The summed E-state index contributed by atoms with van der Waals surface area (Å²) in [6, 6.07) is 7.19. The molecule has 7 nitrogen and oxygen atoms in total. The molecule has 134 valence electrons. The van der Waals surface area contributed by atoms with Crippen LogP contribution in [0.1, 0.15) is 19.2 Å². The lowest BCUT2D eigenvalue weighted by molar-refractivity contribution is -0.133. The van der Waals surface area contributed by atoms with E-state index < -0.39 is 0 Å². The molecule has 1 aromatic heterocycles. The number of rotatable bonds is 5. The van der Waals surface area contributed by atoms with Crippen molar-refractivity contribution in [3.8, 4) is 0 Å². The van der Waals surface area contributed by atoms with Gasteiger partial charge in [0.25, 0.3) is 5.56 Å². The summed E-state index contributed by atoms with van der Waals surface area (Å²) in [4.78, 5) is 35.6. The summed E-state index contributed by atoms with van der Waals surface area (Å²) in [7, 11) is 0. The topological polar surface area (TPSA) is 89.5 Å². The van der Waals surface area contributed by atoms with Gasteiger partial charge in [-0.15, -0.1) is 0 Å². The fraction of sp³-hybridized carbons (Fsp3) is 0.500. The molecule has 0 spiro atoms. The molecule has 1 fully saturated rings. The van der Waals surface area contributed by atoms with Crippen molar-refractivity contribution in [3.05, 3.63) is 40.4 Å². The summed E-state index contributed by atoms with van der Waals surface area (Å²) in [5.41, 5.74) is 0.486. The molecule has 1 aromatic carbocycles. The number of H-pyrrole nitrogens is 1. The monoisotopic (exact) mass is 344 g/mol. The minimum atomic E-state index is -0.349. The second-order valence-corrected chi connectivity index (χ2v) is 6.56. The van der Waals surface area contributed by atoms with Gasteiger partial charge in [-0.1, -0.05) is 12.1 Å². The minimum Gasteiger partial charge on any atom is -0.392 e. The number of nitrogens with one attached hydrogen (secondary N) is 1. The fourth-order valence-electron chi connectivity index (χ4n) is 3.19. The number of piperazine rings is 1. The van der Waals surface area contributed by atoms with Crippen LogP contribution in [0.25, 0.3) is 10.9 Å². The first-order valence-electron chi connectivity index (χ1n) is 8.69. The summed E-state index contributed by atoms with van der Waals surface area (Å²) in [6.07, 6.45) is 0.405. The number of aliphatic hydroxyl groups excluding tert-OH is 1. The van der Waals surface area contributed by atoms with E-state index in [1.54, 1.807) is 25.1 Å². The van der Waals surface area contributed by atoms with Crippen LogP contribution in [0.15, 0.2) is 29.1 Å². The summed E-state index contributed by atoms with van der Waals surface area (Å²) in [5, 5.41) is 9.99. The Morgan fingerprint density at radius 2 is 2.00 bits per heavy atom. The Morgan fingerprint density at radius 3 is 2.72 bits per heavy atom. The number of hydrogen-bond donors (Lipinski definition) is 2. The van der Waals surface area contributed by atoms with Crippen LogP contribution in [0.4, 0.5) is 0 Å². The fourth-order valence-corrected chi connectivity index (χ4v) is 3.19. The maximum atomic E-state index is 12.4. The number of aromatic amines is 1. The SMILES string of the molecule is C[C@@H](O)CN1CCN(C(=O)CCc2nc3ccccc3c(=O)[nH]2)CC1. The predicted octanol–water partition coefficient (Wildman–Crippen LogP) is 0.381. The van der Waals surface area contributed by atoms with Crippen LogP contribution in [-0.2, 0) is 11.2 Å². The summed E-state index contributed by atoms with van der Waals surface area (Å²) < 4.78 is 0. The number of aryl methyl sites for hydroxylation is 1. The number of para-hydroxylation sites is 1. The molecule has 2 aromatic rings. The smallest absolute Gasteiger partial charge is 0.258 e. The van der Waals surface area contributed by atoms with Crippen molar-refractivity contribution < 1.29 is 9.90 Å². The predicted molar refractivity (Wildman–Crippen MR) is 95.4 cm³/mol. The number of benzene rings is 1. The molecule has 0 aliphatic carbocycles. The van der Waals surface area contributed by atoms with E-state index in [0.29, 0.717) is 49.2 Å². The average molecular weight is 344 g/mol. The van der Waals surface area contributed by atoms with Gasteiger partial charge >= 0.3 is 0 Å². The molecule has 1 aliphatic heterocycles. The second-order valence-electron chi connectivity index (χ2n) is 6.56. The lowest BCUT2D eigenvalue weighted by Gasteiger charge is -2.35. The first-order chi connectivity index (χ1) is 12.0.